The summed E-state index contributed by atoms with van der Waals surface area (Å²) in [6.07, 6.45) is 2.87. The minimum absolute atomic E-state index is 0.156. The molecule has 0 bridgehead atoms. The summed E-state index contributed by atoms with van der Waals surface area (Å²) in [5.74, 6) is 0.289. The third kappa shape index (κ3) is 4.29. The van der Waals surface area contributed by atoms with Crippen LogP contribution in [0.25, 0.3) is 0 Å². The maximum absolute atomic E-state index is 12.5. The van der Waals surface area contributed by atoms with Crippen LogP contribution in [0, 0.1) is 5.41 Å². The minimum atomic E-state index is -0.156. The Bertz CT molecular complexity index is 586. The molecule has 1 aromatic carbocycles. The van der Waals surface area contributed by atoms with Gasteiger partial charge < -0.3 is 15.5 Å². The topological polar surface area (TPSA) is 49.6 Å². The molecule has 132 valence electrons. The number of hydrogen-bond acceptors (Lipinski definition) is 3. The smallest absolute Gasteiger partial charge is 0.223 e. The molecule has 2 fully saturated rings. The van der Waals surface area contributed by atoms with Gasteiger partial charge in [-0.25, -0.2) is 0 Å². The monoisotopic (exact) mass is 349 g/mol. The fourth-order valence-corrected chi connectivity index (χ4v) is 4.16. The maximum atomic E-state index is 12.5. The highest BCUT2D eigenvalue weighted by Gasteiger charge is 2.44. The minimum Gasteiger partial charge on any atom is -0.338 e. The standard InChI is InChI=1S/C19H28ClN3O/c1-18(2,21)13-22-9-7-19(8-10-22)11-17(24)23(14-19)12-15-3-5-16(20)6-4-15/h3-6H,7-14,21H2,1-2H3. The first-order valence-electron chi connectivity index (χ1n) is 8.78. The van der Waals surface area contributed by atoms with E-state index in [0.29, 0.717) is 13.0 Å². The first-order valence-corrected chi connectivity index (χ1v) is 9.16. The van der Waals surface area contributed by atoms with Crippen LogP contribution in [0.2, 0.25) is 5.02 Å². The number of halogens is 1. The van der Waals surface area contributed by atoms with E-state index in [1.807, 2.05) is 29.2 Å². The molecular formula is C19H28ClN3O. The van der Waals surface area contributed by atoms with Crippen LogP contribution in [0.5, 0.6) is 0 Å². The molecule has 2 saturated heterocycles. The fraction of sp³-hybridized carbons (Fsp3) is 0.632. The van der Waals surface area contributed by atoms with Crippen LogP contribution in [0.4, 0.5) is 0 Å². The van der Waals surface area contributed by atoms with E-state index in [1.54, 1.807) is 0 Å². The lowest BCUT2D eigenvalue weighted by atomic mass is 9.77. The van der Waals surface area contributed by atoms with Crippen LogP contribution in [-0.4, -0.2) is 47.4 Å². The molecule has 2 aliphatic heterocycles. The zero-order chi connectivity index (χ0) is 17.4. The molecule has 0 unspecified atom stereocenters. The van der Waals surface area contributed by atoms with Gasteiger partial charge in [-0.05, 0) is 62.9 Å². The van der Waals surface area contributed by atoms with Crippen molar-refractivity contribution in [3.8, 4) is 0 Å². The van der Waals surface area contributed by atoms with E-state index in [4.69, 9.17) is 17.3 Å². The van der Waals surface area contributed by atoms with Crippen LogP contribution >= 0.6 is 11.6 Å². The zero-order valence-electron chi connectivity index (χ0n) is 14.7. The van der Waals surface area contributed by atoms with Gasteiger partial charge in [-0.15, -0.1) is 0 Å². The van der Waals surface area contributed by atoms with Crippen LogP contribution < -0.4 is 5.73 Å². The lowest BCUT2D eigenvalue weighted by Crippen LogP contribution is -2.50. The lowest BCUT2D eigenvalue weighted by Gasteiger charge is -2.41. The summed E-state index contributed by atoms with van der Waals surface area (Å²) < 4.78 is 0. The van der Waals surface area contributed by atoms with E-state index < -0.39 is 0 Å². The highest BCUT2D eigenvalue weighted by Crippen LogP contribution is 2.41. The first-order chi connectivity index (χ1) is 11.2. The summed E-state index contributed by atoms with van der Waals surface area (Å²) in [7, 11) is 0. The van der Waals surface area contributed by atoms with Crippen molar-refractivity contribution in [3.63, 3.8) is 0 Å². The van der Waals surface area contributed by atoms with Crippen LogP contribution in [0.1, 0.15) is 38.7 Å². The summed E-state index contributed by atoms with van der Waals surface area (Å²) in [6.45, 7) is 8.73. The molecular weight excluding hydrogens is 322 g/mol. The molecule has 5 heteroatoms. The maximum Gasteiger partial charge on any atom is 0.223 e. The number of nitrogens with two attached hydrogens (primary N) is 1. The van der Waals surface area contributed by atoms with Crippen LogP contribution in [0.15, 0.2) is 24.3 Å². The molecule has 0 saturated carbocycles. The van der Waals surface area contributed by atoms with Gasteiger partial charge in [0.25, 0.3) is 0 Å². The summed E-state index contributed by atoms with van der Waals surface area (Å²) in [5, 5.41) is 0.734. The number of carbonyl (C=O) groups is 1. The van der Waals surface area contributed by atoms with Crippen molar-refractivity contribution < 1.29 is 4.79 Å². The molecule has 1 amide bonds. The highest BCUT2D eigenvalue weighted by atomic mass is 35.5. The molecule has 4 nitrogen and oxygen atoms in total. The second kappa shape index (κ2) is 6.66. The Morgan fingerprint density at radius 1 is 1.21 bits per heavy atom. The van der Waals surface area contributed by atoms with Crippen molar-refractivity contribution in [2.45, 2.75) is 45.2 Å². The van der Waals surface area contributed by atoms with Crippen molar-refractivity contribution in [3.05, 3.63) is 34.9 Å². The molecule has 2 N–H and O–H groups in total. The van der Waals surface area contributed by atoms with Gasteiger partial charge in [-0.2, -0.15) is 0 Å². The Kier molecular flexibility index (Phi) is 4.92. The fourth-order valence-electron chi connectivity index (χ4n) is 4.03. The number of rotatable bonds is 4. The quantitative estimate of drug-likeness (QED) is 0.909. The van der Waals surface area contributed by atoms with Crippen molar-refractivity contribution in [1.82, 2.24) is 9.80 Å². The molecule has 2 aliphatic rings. The molecule has 0 atom stereocenters. The van der Waals surface area contributed by atoms with E-state index >= 15 is 0 Å². The predicted molar refractivity (Wildman–Crippen MR) is 97.9 cm³/mol. The summed E-state index contributed by atoms with van der Waals surface area (Å²) in [6, 6.07) is 7.79. The van der Waals surface area contributed by atoms with Gasteiger partial charge in [-0.3, -0.25) is 4.79 Å². The molecule has 2 heterocycles. The largest absolute Gasteiger partial charge is 0.338 e. The van der Waals surface area contributed by atoms with E-state index in [2.05, 4.69) is 18.7 Å². The number of likely N-dealkylation sites (tertiary alicyclic amines) is 2. The average molecular weight is 350 g/mol. The summed E-state index contributed by atoms with van der Waals surface area (Å²) >= 11 is 5.94. The van der Waals surface area contributed by atoms with Gasteiger partial charge >= 0.3 is 0 Å². The van der Waals surface area contributed by atoms with Crippen molar-refractivity contribution >= 4 is 17.5 Å². The molecule has 24 heavy (non-hydrogen) atoms. The van der Waals surface area contributed by atoms with E-state index in [1.165, 1.54) is 0 Å². The predicted octanol–water partition coefficient (Wildman–Crippen LogP) is 2.89. The first kappa shape index (κ1) is 17.7. The average Bonchev–Trinajstić information content (AvgIpc) is 2.79. The number of carbonyl (C=O) groups excluding carboxylic acids is 1. The number of amides is 1. The molecule has 3 rings (SSSR count). The van der Waals surface area contributed by atoms with Crippen molar-refractivity contribution in [1.29, 1.82) is 0 Å². The third-order valence-corrected chi connectivity index (χ3v) is 5.49. The van der Waals surface area contributed by atoms with Gasteiger partial charge in [0, 0.05) is 36.6 Å². The Balaban J connectivity index is 1.58. The van der Waals surface area contributed by atoms with Gasteiger partial charge in [0.2, 0.25) is 5.91 Å². The van der Waals surface area contributed by atoms with Crippen molar-refractivity contribution in [2.24, 2.45) is 11.1 Å². The Labute approximate surface area is 149 Å². The molecule has 1 spiro atoms. The second-order valence-corrected chi connectivity index (χ2v) is 8.75. The Morgan fingerprint density at radius 3 is 2.42 bits per heavy atom. The number of piperidine rings is 1. The summed E-state index contributed by atoms with van der Waals surface area (Å²) in [5.41, 5.74) is 7.29. The zero-order valence-corrected chi connectivity index (χ0v) is 15.5. The summed E-state index contributed by atoms with van der Waals surface area (Å²) in [4.78, 5) is 17.0. The number of hydrogen-bond donors (Lipinski definition) is 1. The van der Waals surface area contributed by atoms with Crippen LogP contribution in [0.3, 0.4) is 0 Å². The molecule has 0 aliphatic carbocycles. The van der Waals surface area contributed by atoms with E-state index in [9.17, 15) is 4.79 Å². The molecule has 1 aromatic rings. The van der Waals surface area contributed by atoms with Gasteiger partial charge in [0.15, 0.2) is 0 Å². The van der Waals surface area contributed by atoms with E-state index in [-0.39, 0.29) is 16.9 Å². The second-order valence-electron chi connectivity index (χ2n) is 8.32. The molecule has 0 radical (unpaired) electrons. The number of benzene rings is 1. The Hall–Kier alpha value is -1.10. The van der Waals surface area contributed by atoms with Crippen molar-refractivity contribution in [2.75, 3.05) is 26.2 Å². The number of nitrogens with zero attached hydrogens (tertiary/aromatic N) is 2. The van der Waals surface area contributed by atoms with Gasteiger partial charge in [-0.1, -0.05) is 23.7 Å². The Morgan fingerprint density at radius 2 is 1.83 bits per heavy atom. The van der Waals surface area contributed by atoms with E-state index in [0.717, 1.165) is 49.6 Å². The SMILES string of the molecule is CC(C)(N)CN1CCC2(CC1)CC(=O)N(Cc1ccc(Cl)cc1)C2. The molecule has 0 aromatic heterocycles. The van der Waals surface area contributed by atoms with Gasteiger partial charge in [0.1, 0.15) is 0 Å². The lowest BCUT2D eigenvalue weighted by molar-refractivity contribution is -0.128. The normalized spacial score (nSPS) is 21.7. The third-order valence-electron chi connectivity index (χ3n) is 5.24. The highest BCUT2D eigenvalue weighted by molar-refractivity contribution is 6.30. The van der Waals surface area contributed by atoms with Gasteiger partial charge in [0.05, 0.1) is 0 Å². The van der Waals surface area contributed by atoms with Crippen LogP contribution in [-0.2, 0) is 11.3 Å².